The second kappa shape index (κ2) is 7.23. The molecular weight excluding hydrogens is 327 g/mol. The summed E-state index contributed by atoms with van der Waals surface area (Å²) < 4.78 is 18.4. The molecule has 0 aliphatic carbocycles. The first-order chi connectivity index (χ1) is 11.6. The molecule has 0 atom stereocenters. The number of anilines is 1. The molecule has 3 rings (SSSR count). The molecule has 2 heterocycles. The third-order valence-electron chi connectivity index (χ3n) is 3.25. The number of thiophene rings is 1. The quantitative estimate of drug-likeness (QED) is 0.747. The van der Waals surface area contributed by atoms with E-state index >= 15 is 0 Å². The Kier molecular flexibility index (Phi) is 4.86. The molecule has 2 aromatic heterocycles. The van der Waals surface area contributed by atoms with E-state index in [2.05, 4.69) is 10.3 Å². The Morgan fingerprint density at radius 2 is 2.04 bits per heavy atom. The SMILES string of the molecule is Cc1ccnc(NC(=O)c2cc(COc3ccc(F)cc3)cs2)c1. The summed E-state index contributed by atoms with van der Waals surface area (Å²) >= 11 is 1.34. The van der Waals surface area contributed by atoms with E-state index in [1.54, 1.807) is 24.4 Å². The van der Waals surface area contributed by atoms with Gasteiger partial charge in [0.1, 0.15) is 24.0 Å². The predicted molar refractivity (Wildman–Crippen MR) is 92.0 cm³/mol. The average Bonchev–Trinajstić information content (AvgIpc) is 3.03. The van der Waals surface area contributed by atoms with Crippen LogP contribution in [0.5, 0.6) is 5.75 Å². The molecule has 1 aromatic carbocycles. The Labute approximate surface area is 142 Å². The molecule has 6 heteroatoms. The Morgan fingerprint density at radius 1 is 1.25 bits per heavy atom. The maximum Gasteiger partial charge on any atom is 0.266 e. The summed E-state index contributed by atoms with van der Waals surface area (Å²) in [4.78, 5) is 16.9. The van der Waals surface area contributed by atoms with Crippen LogP contribution in [-0.2, 0) is 6.61 Å². The number of ether oxygens (including phenoxy) is 1. The van der Waals surface area contributed by atoms with E-state index in [0.29, 0.717) is 23.1 Å². The van der Waals surface area contributed by atoms with Crippen LogP contribution in [0.2, 0.25) is 0 Å². The fraction of sp³-hybridized carbons (Fsp3) is 0.111. The molecular formula is C18H15FN2O2S. The van der Waals surface area contributed by atoms with Crippen LogP contribution >= 0.6 is 11.3 Å². The standard InChI is InChI=1S/C18H15FN2O2S/c1-12-6-7-20-17(8-12)21-18(22)16-9-13(11-24-16)10-23-15-4-2-14(19)3-5-15/h2-9,11H,10H2,1H3,(H,20,21,22). The van der Waals surface area contributed by atoms with Crippen molar-refractivity contribution in [2.75, 3.05) is 5.32 Å². The van der Waals surface area contributed by atoms with E-state index in [1.807, 2.05) is 24.4 Å². The third-order valence-corrected chi connectivity index (χ3v) is 4.23. The maximum absolute atomic E-state index is 12.8. The summed E-state index contributed by atoms with van der Waals surface area (Å²) in [5, 5.41) is 4.63. The van der Waals surface area contributed by atoms with E-state index in [-0.39, 0.29) is 11.7 Å². The zero-order valence-electron chi connectivity index (χ0n) is 13.0. The summed E-state index contributed by atoms with van der Waals surface area (Å²) in [5.41, 5.74) is 1.91. The van der Waals surface area contributed by atoms with Crippen LogP contribution in [0.3, 0.4) is 0 Å². The number of benzene rings is 1. The summed E-state index contributed by atoms with van der Waals surface area (Å²) in [6.07, 6.45) is 1.65. The predicted octanol–water partition coefficient (Wildman–Crippen LogP) is 4.42. The van der Waals surface area contributed by atoms with Gasteiger partial charge in [-0.05, 0) is 60.3 Å². The number of aryl methyl sites for hydroxylation is 1. The van der Waals surface area contributed by atoms with E-state index in [0.717, 1.165) is 11.1 Å². The van der Waals surface area contributed by atoms with Gasteiger partial charge in [-0.25, -0.2) is 9.37 Å². The van der Waals surface area contributed by atoms with Crippen molar-refractivity contribution in [2.45, 2.75) is 13.5 Å². The molecule has 1 amide bonds. The Hall–Kier alpha value is -2.73. The smallest absolute Gasteiger partial charge is 0.266 e. The number of nitrogens with one attached hydrogen (secondary N) is 1. The molecule has 0 saturated heterocycles. The van der Waals surface area contributed by atoms with Gasteiger partial charge in [0.15, 0.2) is 0 Å². The Bertz CT molecular complexity index is 846. The lowest BCUT2D eigenvalue weighted by Gasteiger charge is -2.04. The van der Waals surface area contributed by atoms with E-state index in [4.69, 9.17) is 4.74 Å². The second-order valence-corrected chi connectivity index (χ2v) is 6.15. The first-order valence-electron chi connectivity index (χ1n) is 7.30. The van der Waals surface area contributed by atoms with Gasteiger partial charge in [-0.2, -0.15) is 0 Å². The zero-order chi connectivity index (χ0) is 16.9. The number of carbonyl (C=O) groups excluding carboxylic acids is 1. The van der Waals surface area contributed by atoms with Gasteiger partial charge in [0.05, 0.1) is 4.88 Å². The largest absolute Gasteiger partial charge is 0.489 e. The molecule has 1 N–H and O–H groups in total. The number of halogens is 1. The van der Waals surface area contributed by atoms with Crippen LogP contribution in [0.1, 0.15) is 20.8 Å². The molecule has 0 fully saturated rings. The summed E-state index contributed by atoms with van der Waals surface area (Å²) in [5.74, 6) is 0.600. The number of hydrogen-bond donors (Lipinski definition) is 1. The number of carbonyl (C=O) groups is 1. The Morgan fingerprint density at radius 3 is 2.79 bits per heavy atom. The maximum atomic E-state index is 12.8. The first-order valence-corrected chi connectivity index (χ1v) is 8.18. The normalized spacial score (nSPS) is 10.4. The van der Waals surface area contributed by atoms with Crippen molar-refractivity contribution in [3.8, 4) is 5.75 Å². The Balaban J connectivity index is 1.60. The van der Waals surface area contributed by atoms with Crippen LogP contribution in [0.25, 0.3) is 0 Å². The number of amides is 1. The van der Waals surface area contributed by atoms with Crippen LogP contribution in [0.15, 0.2) is 54.0 Å². The minimum atomic E-state index is -0.304. The third kappa shape index (κ3) is 4.17. The molecule has 0 spiro atoms. The second-order valence-electron chi connectivity index (χ2n) is 5.23. The number of hydrogen-bond acceptors (Lipinski definition) is 4. The van der Waals surface area contributed by atoms with Crippen molar-refractivity contribution in [3.05, 3.63) is 75.9 Å². The lowest BCUT2D eigenvalue weighted by molar-refractivity contribution is 0.103. The van der Waals surface area contributed by atoms with Crippen molar-refractivity contribution in [1.29, 1.82) is 0 Å². The van der Waals surface area contributed by atoms with Crippen molar-refractivity contribution >= 4 is 23.1 Å². The van der Waals surface area contributed by atoms with Gasteiger partial charge in [-0.15, -0.1) is 11.3 Å². The average molecular weight is 342 g/mol. The minimum Gasteiger partial charge on any atom is -0.489 e. The van der Waals surface area contributed by atoms with E-state index in [9.17, 15) is 9.18 Å². The number of nitrogens with zero attached hydrogens (tertiary/aromatic N) is 1. The molecule has 3 aromatic rings. The molecule has 0 unspecified atom stereocenters. The van der Waals surface area contributed by atoms with Crippen LogP contribution in [0, 0.1) is 12.7 Å². The highest BCUT2D eigenvalue weighted by Crippen LogP contribution is 2.19. The van der Waals surface area contributed by atoms with Gasteiger partial charge in [0.25, 0.3) is 5.91 Å². The molecule has 4 nitrogen and oxygen atoms in total. The molecule has 0 aliphatic rings. The van der Waals surface area contributed by atoms with Gasteiger partial charge in [0.2, 0.25) is 0 Å². The highest BCUT2D eigenvalue weighted by molar-refractivity contribution is 7.12. The highest BCUT2D eigenvalue weighted by Gasteiger charge is 2.10. The molecule has 122 valence electrons. The van der Waals surface area contributed by atoms with Crippen LogP contribution in [0.4, 0.5) is 10.2 Å². The van der Waals surface area contributed by atoms with Crippen LogP contribution < -0.4 is 10.1 Å². The van der Waals surface area contributed by atoms with E-state index in [1.165, 1.54) is 23.5 Å². The molecule has 0 aliphatic heterocycles. The topological polar surface area (TPSA) is 51.2 Å². The van der Waals surface area contributed by atoms with Crippen molar-refractivity contribution in [3.63, 3.8) is 0 Å². The van der Waals surface area contributed by atoms with Crippen molar-refractivity contribution in [2.24, 2.45) is 0 Å². The molecule has 24 heavy (non-hydrogen) atoms. The highest BCUT2D eigenvalue weighted by atomic mass is 32.1. The van der Waals surface area contributed by atoms with Gasteiger partial charge in [-0.3, -0.25) is 4.79 Å². The number of aromatic nitrogens is 1. The van der Waals surface area contributed by atoms with Crippen molar-refractivity contribution in [1.82, 2.24) is 4.98 Å². The van der Waals surface area contributed by atoms with Gasteiger partial charge in [-0.1, -0.05) is 0 Å². The first kappa shape index (κ1) is 16.1. The van der Waals surface area contributed by atoms with Gasteiger partial charge in [0, 0.05) is 11.8 Å². The number of rotatable bonds is 5. The molecule has 0 bridgehead atoms. The van der Waals surface area contributed by atoms with Gasteiger partial charge < -0.3 is 10.1 Å². The monoisotopic (exact) mass is 342 g/mol. The fourth-order valence-electron chi connectivity index (χ4n) is 2.05. The van der Waals surface area contributed by atoms with Gasteiger partial charge >= 0.3 is 0 Å². The minimum absolute atomic E-state index is 0.203. The summed E-state index contributed by atoms with van der Waals surface area (Å²) in [6, 6.07) is 11.3. The fourth-order valence-corrected chi connectivity index (χ4v) is 2.84. The van der Waals surface area contributed by atoms with Crippen LogP contribution in [-0.4, -0.2) is 10.9 Å². The summed E-state index contributed by atoms with van der Waals surface area (Å²) in [6.45, 7) is 2.26. The molecule has 0 radical (unpaired) electrons. The number of pyridine rings is 1. The van der Waals surface area contributed by atoms with E-state index < -0.39 is 0 Å². The molecule has 0 saturated carbocycles. The summed E-state index contributed by atoms with van der Waals surface area (Å²) in [7, 11) is 0. The van der Waals surface area contributed by atoms with Crippen molar-refractivity contribution < 1.29 is 13.9 Å². The lowest BCUT2D eigenvalue weighted by atomic mass is 10.3. The lowest BCUT2D eigenvalue weighted by Crippen LogP contribution is -2.11. The zero-order valence-corrected chi connectivity index (χ0v) is 13.8.